The van der Waals surface area contributed by atoms with Crippen molar-refractivity contribution in [3.05, 3.63) is 81.2 Å². The number of hydrogen-bond donors (Lipinski definition) is 2. The lowest BCUT2D eigenvalue weighted by Crippen LogP contribution is -2.21. The smallest absolute Gasteiger partial charge is 0.336 e. The van der Waals surface area contributed by atoms with E-state index in [4.69, 9.17) is 4.42 Å². The number of hydrogen-bond acceptors (Lipinski definition) is 4. The molecule has 0 saturated carbocycles. The van der Waals surface area contributed by atoms with Crippen molar-refractivity contribution >= 4 is 11.0 Å². The maximum atomic E-state index is 11.8. The minimum absolute atomic E-state index is 0.350. The van der Waals surface area contributed by atoms with Gasteiger partial charge in [-0.2, -0.15) is 0 Å². The third-order valence-corrected chi connectivity index (χ3v) is 4.35. The first-order chi connectivity index (χ1) is 11.6. The van der Waals surface area contributed by atoms with Gasteiger partial charge in [0.1, 0.15) is 5.58 Å². The largest absolute Gasteiger partial charge is 0.422 e. The summed E-state index contributed by atoms with van der Waals surface area (Å²) in [6.45, 7) is 4.86. The molecule has 3 aromatic rings. The lowest BCUT2D eigenvalue weighted by Gasteiger charge is -2.13. The van der Waals surface area contributed by atoms with Crippen LogP contribution >= 0.6 is 0 Å². The van der Waals surface area contributed by atoms with Crippen molar-refractivity contribution in [2.24, 2.45) is 0 Å². The number of rotatable bonds is 5. The second kappa shape index (κ2) is 6.99. The summed E-state index contributed by atoms with van der Waals surface area (Å²) in [5, 5.41) is 14.4. The van der Waals surface area contributed by atoms with E-state index in [0.717, 1.165) is 27.6 Å². The predicted molar refractivity (Wildman–Crippen MR) is 95.1 cm³/mol. The average Bonchev–Trinajstić information content (AvgIpc) is 2.59. The Hall–Kier alpha value is -2.43. The minimum atomic E-state index is -0.582. The summed E-state index contributed by atoms with van der Waals surface area (Å²) in [6.07, 6.45) is -0.582. The van der Waals surface area contributed by atoms with Gasteiger partial charge in [0.25, 0.3) is 0 Å². The third kappa shape index (κ3) is 3.40. The Morgan fingerprint density at radius 3 is 2.62 bits per heavy atom. The summed E-state index contributed by atoms with van der Waals surface area (Å²) in [6, 6.07) is 15.0. The highest BCUT2D eigenvalue weighted by molar-refractivity contribution is 5.83. The molecule has 1 heterocycles. The van der Waals surface area contributed by atoms with Crippen LogP contribution in [0.25, 0.3) is 11.0 Å². The van der Waals surface area contributed by atoms with Crippen molar-refractivity contribution in [3.8, 4) is 0 Å². The van der Waals surface area contributed by atoms with Crippen molar-refractivity contribution < 1.29 is 9.52 Å². The molecular formula is C20H21NO3. The second-order valence-electron chi connectivity index (χ2n) is 6.03. The Balaban J connectivity index is 1.78. The Kier molecular flexibility index (Phi) is 4.79. The lowest BCUT2D eigenvalue weighted by molar-refractivity contribution is 0.174. The summed E-state index contributed by atoms with van der Waals surface area (Å²) < 4.78 is 5.38. The molecule has 1 aromatic heterocycles. The van der Waals surface area contributed by atoms with E-state index in [1.54, 1.807) is 0 Å². The molecule has 0 aliphatic carbocycles. The van der Waals surface area contributed by atoms with Crippen LogP contribution in [0.3, 0.4) is 0 Å². The molecule has 0 bridgehead atoms. The van der Waals surface area contributed by atoms with E-state index in [0.29, 0.717) is 18.7 Å². The summed E-state index contributed by atoms with van der Waals surface area (Å²) in [7, 11) is 0. The molecule has 24 heavy (non-hydrogen) atoms. The van der Waals surface area contributed by atoms with E-state index >= 15 is 0 Å². The first kappa shape index (κ1) is 16.4. The van der Waals surface area contributed by atoms with Crippen LogP contribution in [-0.2, 0) is 6.54 Å². The Labute approximate surface area is 140 Å². The van der Waals surface area contributed by atoms with Gasteiger partial charge in [0.15, 0.2) is 0 Å². The minimum Gasteiger partial charge on any atom is -0.422 e. The third-order valence-electron chi connectivity index (χ3n) is 4.35. The van der Waals surface area contributed by atoms with Crippen LogP contribution in [0.4, 0.5) is 0 Å². The Bertz CT molecular complexity index is 900. The molecular weight excluding hydrogens is 302 g/mol. The molecule has 3 rings (SSSR count). The van der Waals surface area contributed by atoms with E-state index < -0.39 is 6.10 Å². The summed E-state index contributed by atoms with van der Waals surface area (Å²) in [4.78, 5) is 11.8. The second-order valence-corrected chi connectivity index (χ2v) is 6.03. The highest BCUT2D eigenvalue weighted by Gasteiger charge is 2.11. The summed E-state index contributed by atoms with van der Waals surface area (Å²) in [5.74, 6) is 0. The molecule has 1 atom stereocenters. The predicted octanol–water partition coefficient (Wildman–Crippen LogP) is 3.23. The van der Waals surface area contributed by atoms with Gasteiger partial charge >= 0.3 is 5.63 Å². The van der Waals surface area contributed by atoms with E-state index in [-0.39, 0.29) is 5.63 Å². The zero-order valence-electron chi connectivity index (χ0n) is 13.9. The fourth-order valence-electron chi connectivity index (χ4n) is 2.81. The number of aryl methyl sites for hydroxylation is 2. The van der Waals surface area contributed by atoms with Crippen molar-refractivity contribution in [2.45, 2.75) is 26.5 Å². The molecule has 0 radical (unpaired) electrons. The topological polar surface area (TPSA) is 62.5 Å². The van der Waals surface area contributed by atoms with Gasteiger partial charge in [0.05, 0.1) is 6.10 Å². The Morgan fingerprint density at radius 1 is 1.12 bits per heavy atom. The average molecular weight is 323 g/mol. The van der Waals surface area contributed by atoms with E-state index in [2.05, 4.69) is 5.32 Å². The van der Waals surface area contributed by atoms with Crippen molar-refractivity contribution in [2.75, 3.05) is 6.54 Å². The molecule has 0 fully saturated rings. The van der Waals surface area contributed by atoms with Crippen LogP contribution in [0.15, 0.2) is 57.7 Å². The molecule has 124 valence electrons. The monoisotopic (exact) mass is 323 g/mol. The molecule has 0 unspecified atom stereocenters. The fraction of sp³-hybridized carbons (Fsp3) is 0.250. The molecule has 2 aromatic carbocycles. The zero-order chi connectivity index (χ0) is 17.1. The van der Waals surface area contributed by atoms with Crippen LogP contribution < -0.4 is 10.9 Å². The van der Waals surface area contributed by atoms with Crippen molar-refractivity contribution in [3.63, 3.8) is 0 Å². The summed E-state index contributed by atoms with van der Waals surface area (Å²) in [5.41, 5.74) is 4.11. The van der Waals surface area contributed by atoms with Gasteiger partial charge in [0.2, 0.25) is 0 Å². The number of aliphatic hydroxyl groups is 1. The van der Waals surface area contributed by atoms with E-state index in [1.165, 1.54) is 6.07 Å². The number of fused-ring (bicyclic) bond motifs is 1. The number of aliphatic hydroxyl groups excluding tert-OH is 1. The molecule has 0 amide bonds. The molecule has 4 heteroatoms. The van der Waals surface area contributed by atoms with Crippen LogP contribution in [0.5, 0.6) is 0 Å². The molecule has 4 nitrogen and oxygen atoms in total. The van der Waals surface area contributed by atoms with Gasteiger partial charge in [-0.1, -0.05) is 42.5 Å². The SMILES string of the molecule is Cc1ccc2c(CNC[C@@H](O)c3ccccc3)cc(=O)oc2c1C. The van der Waals surface area contributed by atoms with Gasteiger partial charge in [0, 0.05) is 24.5 Å². The van der Waals surface area contributed by atoms with Gasteiger partial charge in [-0.05, 0) is 36.1 Å². The van der Waals surface area contributed by atoms with E-state index in [9.17, 15) is 9.90 Å². The van der Waals surface area contributed by atoms with Crippen LogP contribution in [0.1, 0.15) is 28.4 Å². The van der Waals surface area contributed by atoms with Crippen molar-refractivity contribution in [1.82, 2.24) is 5.32 Å². The van der Waals surface area contributed by atoms with Crippen LogP contribution in [0.2, 0.25) is 0 Å². The van der Waals surface area contributed by atoms with Gasteiger partial charge in [-0.25, -0.2) is 4.79 Å². The number of nitrogens with one attached hydrogen (secondary N) is 1. The number of benzene rings is 2. The molecule has 0 aliphatic rings. The van der Waals surface area contributed by atoms with Crippen molar-refractivity contribution in [1.29, 1.82) is 0 Å². The standard InChI is InChI=1S/C20H21NO3/c1-13-8-9-17-16(10-19(23)24-20(17)14(13)2)11-21-12-18(22)15-6-4-3-5-7-15/h3-10,18,21-22H,11-12H2,1-2H3/t18-/m1/s1. The molecule has 2 N–H and O–H groups in total. The van der Waals surface area contributed by atoms with Gasteiger partial charge in [-0.3, -0.25) is 0 Å². The van der Waals surface area contributed by atoms with Gasteiger partial charge < -0.3 is 14.8 Å². The normalized spacial score (nSPS) is 12.5. The quantitative estimate of drug-likeness (QED) is 0.708. The zero-order valence-corrected chi connectivity index (χ0v) is 13.9. The first-order valence-corrected chi connectivity index (χ1v) is 8.03. The highest BCUT2D eigenvalue weighted by Crippen LogP contribution is 2.23. The van der Waals surface area contributed by atoms with Gasteiger partial charge in [-0.15, -0.1) is 0 Å². The first-order valence-electron chi connectivity index (χ1n) is 8.03. The molecule has 0 aliphatic heterocycles. The fourth-order valence-corrected chi connectivity index (χ4v) is 2.81. The maximum Gasteiger partial charge on any atom is 0.336 e. The lowest BCUT2D eigenvalue weighted by atomic mass is 10.0. The molecule has 0 spiro atoms. The maximum absolute atomic E-state index is 11.8. The van der Waals surface area contributed by atoms with E-state index in [1.807, 2.05) is 56.3 Å². The van der Waals surface area contributed by atoms with Crippen LogP contribution in [-0.4, -0.2) is 11.7 Å². The highest BCUT2D eigenvalue weighted by atomic mass is 16.4. The molecule has 0 saturated heterocycles. The summed E-state index contributed by atoms with van der Waals surface area (Å²) >= 11 is 0. The van der Waals surface area contributed by atoms with Crippen LogP contribution in [0, 0.1) is 13.8 Å². The Morgan fingerprint density at radius 2 is 1.88 bits per heavy atom.